The molecule has 0 bridgehead atoms. The van der Waals surface area contributed by atoms with Crippen LogP contribution in [0.3, 0.4) is 0 Å². The molecule has 2 aromatic rings. The van der Waals surface area contributed by atoms with Gasteiger partial charge in [-0.1, -0.05) is 30.3 Å². The van der Waals surface area contributed by atoms with Gasteiger partial charge in [0.2, 0.25) is 11.8 Å². The minimum atomic E-state index is -1.29. The molecule has 9 nitrogen and oxygen atoms in total. The highest BCUT2D eigenvalue weighted by atomic mass is 19.2. The van der Waals surface area contributed by atoms with E-state index in [4.69, 9.17) is 10.5 Å². The quantitative estimate of drug-likeness (QED) is 0.544. The molecule has 2 aliphatic rings. The number of halogens is 2. The van der Waals surface area contributed by atoms with E-state index < -0.39 is 40.4 Å². The molecule has 2 unspecified atom stereocenters. The van der Waals surface area contributed by atoms with Gasteiger partial charge in [-0.2, -0.15) is 5.10 Å². The van der Waals surface area contributed by atoms with Crippen LogP contribution in [0.15, 0.2) is 53.6 Å². The Kier molecular flexibility index (Phi) is 7.50. The van der Waals surface area contributed by atoms with Crippen molar-refractivity contribution in [3.05, 3.63) is 65.7 Å². The van der Waals surface area contributed by atoms with Gasteiger partial charge in [0.25, 0.3) is 5.91 Å². The molecule has 0 aromatic heterocycles. The average Bonchev–Trinajstić information content (AvgIpc) is 3.12. The largest absolute Gasteiger partial charge is 0.491 e. The van der Waals surface area contributed by atoms with E-state index in [1.165, 1.54) is 29.8 Å². The Morgan fingerprint density at radius 2 is 1.89 bits per heavy atom. The first-order chi connectivity index (χ1) is 17.9. The standard InChI is InChI=1S/C27H31F2N5O4/c1-26(2,30)24(36)31-21(15-38-18-9-10-19(28)20(29)13-18)23(35)34-12-11-22-27(16-34,25(37)33(3)32-22)14-17-7-5-4-6-8-17/h4-10,13,21H,11-12,14-16,30H2,1-3H3,(H,31,36). The Morgan fingerprint density at radius 1 is 1.18 bits per heavy atom. The van der Waals surface area contributed by atoms with Gasteiger partial charge in [-0.05, 0) is 38.0 Å². The van der Waals surface area contributed by atoms with Crippen molar-refractivity contribution in [1.29, 1.82) is 0 Å². The Bertz CT molecular complexity index is 1260. The lowest BCUT2D eigenvalue weighted by atomic mass is 9.73. The summed E-state index contributed by atoms with van der Waals surface area (Å²) in [6.45, 7) is 2.96. The number of amides is 3. The predicted molar refractivity (Wildman–Crippen MR) is 136 cm³/mol. The predicted octanol–water partition coefficient (Wildman–Crippen LogP) is 1.86. The van der Waals surface area contributed by atoms with Crippen LogP contribution in [0.2, 0.25) is 0 Å². The molecule has 0 spiro atoms. The number of ether oxygens (including phenoxy) is 1. The number of hydrazone groups is 1. The van der Waals surface area contributed by atoms with Gasteiger partial charge in [0, 0.05) is 32.6 Å². The first-order valence-corrected chi connectivity index (χ1v) is 12.3. The SMILES string of the molecule is CN1N=C2CCN(C(=O)C(COc3ccc(F)c(F)c3)NC(=O)C(C)(C)N)CC2(Cc2ccccc2)C1=O. The van der Waals surface area contributed by atoms with Crippen molar-refractivity contribution in [3.8, 4) is 5.75 Å². The molecule has 38 heavy (non-hydrogen) atoms. The van der Waals surface area contributed by atoms with Crippen LogP contribution >= 0.6 is 0 Å². The number of nitrogens with one attached hydrogen (secondary N) is 1. The van der Waals surface area contributed by atoms with E-state index in [0.29, 0.717) is 18.6 Å². The van der Waals surface area contributed by atoms with Gasteiger partial charge in [-0.25, -0.2) is 13.8 Å². The molecule has 3 N–H and O–H groups in total. The summed E-state index contributed by atoms with van der Waals surface area (Å²) in [6.07, 6.45) is 0.736. The summed E-state index contributed by atoms with van der Waals surface area (Å²) in [4.78, 5) is 41.4. The van der Waals surface area contributed by atoms with E-state index in [0.717, 1.165) is 17.7 Å². The molecule has 2 heterocycles. The van der Waals surface area contributed by atoms with E-state index in [1.807, 2.05) is 30.3 Å². The van der Waals surface area contributed by atoms with E-state index in [2.05, 4.69) is 10.4 Å². The van der Waals surface area contributed by atoms with Crippen molar-refractivity contribution in [2.75, 3.05) is 26.7 Å². The van der Waals surface area contributed by atoms with Crippen LogP contribution in [0.4, 0.5) is 8.78 Å². The molecule has 0 aliphatic carbocycles. The third-order valence-electron chi connectivity index (χ3n) is 6.76. The second kappa shape index (κ2) is 10.5. The van der Waals surface area contributed by atoms with Crippen molar-refractivity contribution in [2.24, 2.45) is 16.3 Å². The monoisotopic (exact) mass is 527 g/mol. The molecule has 3 amide bonds. The fourth-order valence-corrected chi connectivity index (χ4v) is 4.70. The average molecular weight is 528 g/mol. The number of nitrogens with zero attached hydrogens (tertiary/aromatic N) is 3. The molecule has 0 saturated carbocycles. The highest BCUT2D eigenvalue weighted by Gasteiger charge is 2.54. The Balaban J connectivity index is 1.59. The second-order valence-electron chi connectivity index (χ2n) is 10.3. The number of hydrogen-bond donors (Lipinski definition) is 2. The minimum absolute atomic E-state index is 0.0100. The number of benzene rings is 2. The summed E-state index contributed by atoms with van der Waals surface area (Å²) in [6, 6.07) is 11.3. The number of rotatable bonds is 8. The zero-order valence-electron chi connectivity index (χ0n) is 21.5. The molecule has 2 aromatic carbocycles. The number of carbonyl (C=O) groups is 3. The van der Waals surface area contributed by atoms with Crippen LogP contribution in [-0.2, 0) is 20.8 Å². The fourth-order valence-electron chi connectivity index (χ4n) is 4.70. The number of likely N-dealkylation sites (tertiary alicyclic amines) is 1. The number of fused-ring (bicyclic) bond motifs is 1. The van der Waals surface area contributed by atoms with Crippen LogP contribution < -0.4 is 15.8 Å². The summed E-state index contributed by atoms with van der Waals surface area (Å²) in [5, 5.41) is 8.39. The fraction of sp³-hybridized carbons (Fsp3) is 0.407. The van der Waals surface area contributed by atoms with Crippen LogP contribution in [-0.4, -0.2) is 71.7 Å². The normalized spacial score (nSPS) is 20.1. The van der Waals surface area contributed by atoms with E-state index >= 15 is 0 Å². The Hall–Kier alpha value is -3.86. The number of hydrogen-bond acceptors (Lipinski definition) is 6. The lowest BCUT2D eigenvalue weighted by Gasteiger charge is -2.40. The highest BCUT2D eigenvalue weighted by molar-refractivity contribution is 6.13. The van der Waals surface area contributed by atoms with Crippen LogP contribution in [0.25, 0.3) is 0 Å². The van der Waals surface area contributed by atoms with Crippen molar-refractivity contribution in [2.45, 2.75) is 38.3 Å². The van der Waals surface area contributed by atoms with Gasteiger partial charge in [-0.3, -0.25) is 14.4 Å². The van der Waals surface area contributed by atoms with Gasteiger partial charge >= 0.3 is 0 Å². The van der Waals surface area contributed by atoms with Crippen molar-refractivity contribution in [3.63, 3.8) is 0 Å². The lowest BCUT2D eigenvalue weighted by Crippen LogP contribution is -2.62. The maximum Gasteiger partial charge on any atom is 0.256 e. The lowest BCUT2D eigenvalue weighted by molar-refractivity contribution is -0.143. The molecule has 2 aliphatic heterocycles. The molecule has 4 rings (SSSR count). The molecule has 0 radical (unpaired) electrons. The molecule has 2 atom stereocenters. The van der Waals surface area contributed by atoms with Gasteiger partial charge < -0.3 is 20.7 Å². The zero-order valence-corrected chi connectivity index (χ0v) is 21.5. The van der Waals surface area contributed by atoms with E-state index in [-0.39, 0.29) is 31.4 Å². The molecule has 1 fully saturated rings. The Morgan fingerprint density at radius 3 is 2.55 bits per heavy atom. The van der Waals surface area contributed by atoms with Crippen molar-refractivity contribution in [1.82, 2.24) is 15.2 Å². The third kappa shape index (κ3) is 5.52. The van der Waals surface area contributed by atoms with E-state index in [1.54, 1.807) is 7.05 Å². The van der Waals surface area contributed by atoms with E-state index in [9.17, 15) is 23.2 Å². The highest BCUT2D eigenvalue weighted by Crippen LogP contribution is 2.38. The summed E-state index contributed by atoms with van der Waals surface area (Å²) < 4.78 is 32.6. The van der Waals surface area contributed by atoms with Gasteiger partial charge in [0.05, 0.1) is 11.3 Å². The first-order valence-electron chi connectivity index (χ1n) is 12.3. The first kappa shape index (κ1) is 27.2. The minimum Gasteiger partial charge on any atom is -0.491 e. The maximum absolute atomic E-state index is 13.8. The van der Waals surface area contributed by atoms with Crippen LogP contribution in [0.5, 0.6) is 5.75 Å². The topological polar surface area (TPSA) is 117 Å². The molecule has 11 heteroatoms. The zero-order chi connectivity index (χ0) is 27.7. The van der Waals surface area contributed by atoms with Gasteiger partial charge in [0.15, 0.2) is 11.6 Å². The maximum atomic E-state index is 13.8. The third-order valence-corrected chi connectivity index (χ3v) is 6.76. The summed E-state index contributed by atoms with van der Waals surface area (Å²) in [5.74, 6) is -3.45. The van der Waals surface area contributed by atoms with Crippen LogP contribution in [0, 0.1) is 17.0 Å². The smallest absolute Gasteiger partial charge is 0.256 e. The molecule has 202 valence electrons. The molecule has 1 saturated heterocycles. The summed E-state index contributed by atoms with van der Waals surface area (Å²) >= 11 is 0. The van der Waals surface area contributed by atoms with Gasteiger partial charge in [0.1, 0.15) is 23.8 Å². The van der Waals surface area contributed by atoms with Crippen LogP contribution in [0.1, 0.15) is 25.8 Å². The number of piperidine rings is 1. The van der Waals surface area contributed by atoms with Crippen molar-refractivity contribution < 1.29 is 27.9 Å². The second-order valence-corrected chi connectivity index (χ2v) is 10.3. The number of carbonyl (C=O) groups excluding carboxylic acids is 3. The molecular weight excluding hydrogens is 496 g/mol. The van der Waals surface area contributed by atoms with Crippen molar-refractivity contribution >= 4 is 23.4 Å². The number of nitrogens with two attached hydrogens (primary N) is 1. The molecular formula is C27H31F2N5O4. The van der Waals surface area contributed by atoms with Gasteiger partial charge in [-0.15, -0.1) is 0 Å². The summed E-state index contributed by atoms with van der Waals surface area (Å²) in [5.41, 5.74) is 5.23. The Labute approximate surface area is 219 Å². The summed E-state index contributed by atoms with van der Waals surface area (Å²) in [7, 11) is 1.59.